The summed E-state index contributed by atoms with van der Waals surface area (Å²) >= 11 is 0. The van der Waals surface area contributed by atoms with Crippen molar-refractivity contribution in [1.29, 1.82) is 0 Å². The van der Waals surface area contributed by atoms with Crippen molar-refractivity contribution < 1.29 is 30.5 Å². The highest BCUT2D eigenvalue weighted by molar-refractivity contribution is 7.86. The molecular formula is C33H40N6O6S2. The number of benzene rings is 3. The van der Waals surface area contributed by atoms with Crippen molar-refractivity contribution in [2.75, 3.05) is 13.1 Å². The molecule has 0 radical (unpaired) electrons. The molecule has 3 N–H and O–H groups in total. The quantitative estimate of drug-likeness (QED) is 0.101. The van der Waals surface area contributed by atoms with Crippen LogP contribution in [0.1, 0.15) is 40.9 Å². The van der Waals surface area contributed by atoms with Crippen molar-refractivity contribution in [3.05, 3.63) is 113 Å². The van der Waals surface area contributed by atoms with Gasteiger partial charge in [0, 0.05) is 19.2 Å². The Hall–Kier alpha value is -4.63. The molecule has 0 unspecified atom stereocenters. The number of likely N-dealkylation sites (tertiary alicyclic amines) is 1. The lowest BCUT2D eigenvalue weighted by atomic mass is 10.1. The van der Waals surface area contributed by atoms with Crippen LogP contribution in [0.25, 0.3) is 12.2 Å². The Morgan fingerprint density at radius 3 is 1.83 bits per heavy atom. The summed E-state index contributed by atoms with van der Waals surface area (Å²) in [5.74, 6) is 1.64. The summed E-state index contributed by atoms with van der Waals surface area (Å²) in [6.45, 7) is 5.62. The zero-order valence-electron chi connectivity index (χ0n) is 26.8. The monoisotopic (exact) mass is 680 g/mol. The van der Waals surface area contributed by atoms with Gasteiger partial charge in [-0.05, 0) is 68.2 Å². The average Bonchev–Trinajstić information content (AvgIpc) is 3.67. The van der Waals surface area contributed by atoms with Gasteiger partial charge in [0.1, 0.15) is 22.5 Å². The van der Waals surface area contributed by atoms with E-state index in [-0.39, 0.29) is 9.79 Å². The Balaban J connectivity index is 0.000000225. The highest BCUT2D eigenvalue weighted by Crippen LogP contribution is 2.10. The van der Waals surface area contributed by atoms with Gasteiger partial charge < -0.3 is 15.2 Å². The van der Waals surface area contributed by atoms with Gasteiger partial charge in [-0.25, -0.2) is 17.6 Å². The van der Waals surface area contributed by atoms with Crippen LogP contribution in [0.2, 0.25) is 0 Å². The number of guanidine groups is 1. The third-order valence-corrected chi connectivity index (χ3v) is 8.74. The molecule has 0 aliphatic carbocycles. The van der Waals surface area contributed by atoms with Gasteiger partial charge in [-0.3, -0.25) is 4.55 Å². The molecule has 5 rings (SSSR count). The van der Waals surface area contributed by atoms with E-state index in [4.69, 9.17) is 10.3 Å². The predicted molar refractivity (Wildman–Crippen MR) is 182 cm³/mol. The van der Waals surface area contributed by atoms with E-state index in [1.165, 1.54) is 37.1 Å². The Labute approximate surface area is 276 Å². The summed E-state index contributed by atoms with van der Waals surface area (Å²) in [6, 6.07) is 19.9. The fourth-order valence-electron chi connectivity index (χ4n) is 4.28. The zero-order valence-corrected chi connectivity index (χ0v) is 28.4. The molecule has 1 aromatic heterocycles. The lowest BCUT2D eigenvalue weighted by Gasteiger charge is -2.13. The molecule has 0 spiro atoms. The van der Waals surface area contributed by atoms with Crippen molar-refractivity contribution >= 4 is 44.6 Å². The van der Waals surface area contributed by atoms with Gasteiger partial charge in [0.05, 0.1) is 30.1 Å². The van der Waals surface area contributed by atoms with E-state index < -0.39 is 20.2 Å². The Bertz CT molecular complexity index is 1820. The van der Waals surface area contributed by atoms with Crippen molar-refractivity contribution in [2.45, 2.75) is 36.5 Å². The van der Waals surface area contributed by atoms with Crippen LogP contribution >= 0.6 is 0 Å². The number of imidazole rings is 1. The smallest absolute Gasteiger partial charge is 0.294 e. The lowest BCUT2D eigenvalue weighted by molar-refractivity contribution is -0.672. The highest BCUT2D eigenvalue weighted by atomic mass is 32.2. The summed E-state index contributed by atoms with van der Waals surface area (Å²) in [5, 5.41) is 8.18. The summed E-state index contributed by atoms with van der Waals surface area (Å²) in [4.78, 5) is 1.82. The normalized spacial score (nSPS) is 13.7. The number of nitrogens with two attached hydrogens (primary N) is 1. The number of aryl methyl sites for hydroxylation is 4. The standard InChI is InChI=1S/C19H24N6.2C7H8O3S/c1-23-13-14-24(2)18(23)10-9-16-5-7-17(8-6-16)15-21-22-19(20)25-11-3-4-12-25;2*1-6-2-4-7(5-3-6)11(8,9)10/h5-10,13-15,20H,3-4,11-12H2,1-2H3;2*2-5H,1H3,(H,8,9,10). The van der Waals surface area contributed by atoms with Crippen LogP contribution in [0.3, 0.4) is 0 Å². The van der Waals surface area contributed by atoms with Crippen LogP contribution in [0, 0.1) is 13.8 Å². The molecule has 1 aliphatic rings. The summed E-state index contributed by atoms with van der Waals surface area (Å²) < 4.78 is 64.9. The molecule has 1 saturated heterocycles. The molecular weight excluding hydrogens is 641 g/mol. The van der Waals surface area contributed by atoms with Crippen molar-refractivity contribution in [2.24, 2.45) is 30.0 Å². The molecule has 0 atom stereocenters. The first-order chi connectivity index (χ1) is 22.1. The fourth-order valence-corrected chi connectivity index (χ4v) is 5.23. The first-order valence-corrected chi connectivity index (χ1v) is 17.5. The molecule has 47 heavy (non-hydrogen) atoms. The molecule has 0 amide bonds. The SMILES string of the molecule is Cc1ccc(S(=O)(=O)O)cc1.Cc1ccc(S(=O)(=O)[O-])cc1.Cn1cc[n+](C)c1/C=C/c1ccc(/C=N/N=C(/N)N2CCCC2)cc1. The largest absolute Gasteiger partial charge is 0.744 e. The van der Waals surface area contributed by atoms with E-state index in [2.05, 4.69) is 48.5 Å². The lowest BCUT2D eigenvalue weighted by Crippen LogP contribution is -2.34. The highest BCUT2D eigenvalue weighted by Gasteiger charge is 2.13. The van der Waals surface area contributed by atoms with Crippen molar-refractivity contribution in [1.82, 2.24) is 9.47 Å². The molecule has 0 saturated carbocycles. The predicted octanol–water partition coefficient (Wildman–Crippen LogP) is 3.91. The third kappa shape index (κ3) is 12.2. The van der Waals surface area contributed by atoms with E-state index >= 15 is 0 Å². The molecule has 4 aromatic rings. The fraction of sp³-hybridized carbons (Fsp3) is 0.242. The van der Waals surface area contributed by atoms with E-state index in [9.17, 15) is 21.4 Å². The van der Waals surface area contributed by atoms with E-state index in [0.29, 0.717) is 5.96 Å². The van der Waals surface area contributed by atoms with Gasteiger partial charge in [-0.15, -0.1) is 5.10 Å². The van der Waals surface area contributed by atoms with E-state index in [1.54, 1.807) is 30.5 Å². The minimum absolute atomic E-state index is 0.0666. The maximum Gasteiger partial charge on any atom is 0.294 e. The molecule has 1 fully saturated rings. The summed E-state index contributed by atoms with van der Waals surface area (Å²) in [7, 11) is -4.22. The van der Waals surface area contributed by atoms with Crippen molar-refractivity contribution in [3.63, 3.8) is 0 Å². The third-order valence-electron chi connectivity index (χ3n) is 7.02. The summed E-state index contributed by atoms with van der Waals surface area (Å²) in [5.41, 5.74) is 9.95. The Morgan fingerprint density at radius 2 is 1.36 bits per heavy atom. The van der Waals surface area contributed by atoms with Gasteiger partial charge in [0.2, 0.25) is 5.96 Å². The van der Waals surface area contributed by atoms with Crippen molar-refractivity contribution in [3.8, 4) is 0 Å². The van der Waals surface area contributed by atoms with Gasteiger partial charge in [-0.1, -0.05) is 59.7 Å². The van der Waals surface area contributed by atoms with Gasteiger partial charge in [0.15, 0.2) is 0 Å². The topological polar surface area (TPSA) is 174 Å². The molecule has 250 valence electrons. The number of nitrogens with zero attached hydrogens (tertiary/aromatic N) is 5. The maximum atomic E-state index is 10.5. The molecule has 3 aromatic carbocycles. The number of hydrogen-bond donors (Lipinski definition) is 2. The van der Waals surface area contributed by atoms with Crippen LogP contribution in [0.5, 0.6) is 0 Å². The Kier molecular flexibility index (Phi) is 13.2. The second kappa shape index (κ2) is 16.8. The molecule has 12 nitrogen and oxygen atoms in total. The van der Waals surface area contributed by atoms with Gasteiger partial charge >= 0.3 is 0 Å². The second-order valence-electron chi connectivity index (χ2n) is 10.8. The molecule has 1 aliphatic heterocycles. The zero-order chi connectivity index (χ0) is 34.6. The second-order valence-corrected chi connectivity index (χ2v) is 13.6. The summed E-state index contributed by atoms with van der Waals surface area (Å²) in [6.07, 6.45) is 12.4. The number of aromatic nitrogens is 2. The van der Waals surface area contributed by atoms with Crippen LogP contribution in [0.4, 0.5) is 0 Å². The first-order valence-electron chi connectivity index (χ1n) is 14.6. The average molecular weight is 681 g/mol. The first kappa shape index (κ1) is 36.8. The molecule has 2 heterocycles. The minimum atomic E-state index is -4.27. The van der Waals surface area contributed by atoms with Crippen LogP contribution in [0.15, 0.2) is 105 Å². The molecule has 0 bridgehead atoms. The van der Waals surface area contributed by atoms with E-state index in [1.807, 2.05) is 52.5 Å². The number of hydrogen-bond acceptors (Lipinski definition) is 7. The van der Waals surface area contributed by atoms with Gasteiger partial charge in [-0.2, -0.15) is 13.5 Å². The van der Waals surface area contributed by atoms with Crippen LogP contribution in [-0.4, -0.2) is 60.7 Å². The minimum Gasteiger partial charge on any atom is -0.744 e. The van der Waals surface area contributed by atoms with Crippen LogP contribution in [-0.2, 0) is 34.3 Å². The van der Waals surface area contributed by atoms with E-state index in [0.717, 1.165) is 41.2 Å². The van der Waals surface area contributed by atoms with Gasteiger partial charge in [0.25, 0.3) is 15.9 Å². The maximum absolute atomic E-state index is 10.5. The Morgan fingerprint density at radius 1 is 0.851 bits per heavy atom. The van der Waals surface area contributed by atoms with Crippen LogP contribution < -0.4 is 10.3 Å². The number of rotatable bonds is 6. The molecule has 14 heteroatoms.